The van der Waals surface area contributed by atoms with E-state index in [1.54, 1.807) is 36.4 Å². The van der Waals surface area contributed by atoms with Gasteiger partial charge in [-0.25, -0.2) is 4.79 Å². The number of ether oxygens (including phenoxy) is 2. The number of esters is 1. The number of rotatable bonds is 7. The highest BCUT2D eigenvalue weighted by molar-refractivity contribution is 6.06. The molecule has 2 aromatic rings. The zero-order valence-corrected chi connectivity index (χ0v) is 18.6. The van der Waals surface area contributed by atoms with E-state index in [4.69, 9.17) is 9.47 Å². The molecule has 0 saturated carbocycles. The molecule has 34 heavy (non-hydrogen) atoms. The van der Waals surface area contributed by atoms with Crippen molar-refractivity contribution < 1.29 is 28.8 Å². The molecule has 4 rings (SSSR count). The quantitative estimate of drug-likeness (QED) is 0.203. The third-order valence-electron chi connectivity index (χ3n) is 6.35. The molecule has 0 aliphatic carbocycles. The molecular weight excluding hydrogens is 442 g/mol. The Morgan fingerprint density at radius 2 is 1.82 bits per heavy atom. The number of nitro groups is 1. The highest BCUT2D eigenvalue weighted by atomic mass is 16.6. The van der Waals surface area contributed by atoms with Crippen LogP contribution in [0.3, 0.4) is 0 Å². The number of fused-ring (bicyclic) bond motifs is 1. The van der Waals surface area contributed by atoms with Gasteiger partial charge in [0.2, 0.25) is 0 Å². The Labute approximate surface area is 195 Å². The molecule has 10 nitrogen and oxygen atoms in total. The summed E-state index contributed by atoms with van der Waals surface area (Å²) in [5.41, 5.74) is 0.692. The van der Waals surface area contributed by atoms with Crippen LogP contribution in [0, 0.1) is 16.0 Å². The first-order valence-corrected chi connectivity index (χ1v) is 10.5. The maximum absolute atomic E-state index is 13.4. The smallest absolute Gasteiger partial charge is 0.328 e. The summed E-state index contributed by atoms with van der Waals surface area (Å²) < 4.78 is 10.2. The normalized spacial score (nSPS) is 23.6. The average molecular weight is 465 g/mol. The summed E-state index contributed by atoms with van der Waals surface area (Å²) in [6.45, 7) is 3.62. The molecule has 2 aliphatic rings. The number of hydrogen-bond acceptors (Lipinski definition) is 7. The van der Waals surface area contributed by atoms with E-state index in [1.807, 2.05) is 0 Å². The van der Waals surface area contributed by atoms with Gasteiger partial charge in [0.25, 0.3) is 5.91 Å². The van der Waals surface area contributed by atoms with Gasteiger partial charge in [-0.2, -0.15) is 0 Å². The van der Waals surface area contributed by atoms with Crippen LogP contribution in [0.4, 0.5) is 10.5 Å². The van der Waals surface area contributed by atoms with Crippen LogP contribution < -0.4 is 4.74 Å². The largest absolute Gasteiger partial charge is 0.490 e. The standard InChI is InChI=1S/C24H23N3O7/c1-4-12-25-22(28)21-18(14-8-6-5-7-9-14)19(23(29)34-3)20(26(21)24(25)30)15-10-11-17(33-2)16(13-15)27(31)32/h4-11,13,18-21H,1,12H2,2-3H3. The van der Waals surface area contributed by atoms with Crippen molar-refractivity contribution >= 4 is 23.6 Å². The van der Waals surface area contributed by atoms with Crippen LogP contribution in [-0.4, -0.2) is 59.4 Å². The first kappa shape index (κ1) is 23.0. The van der Waals surface area contributed by atoms with Crippen LogP contribution in [0.2, 0.25) is 0 Å². The first-order valence-electron chi connectivity index (χ1n) is 10.5. The fourth-order valence-corrected chi connectivity index (χ4v) is 4.99. The fraction of sp³-hybridized carbons (Fsp3) is 0.292. The molecule has 0 bridgehead atoms. The van der Waals surface area contributed by atoms with Crippen molar-refractivity contribution in [2.75, 3.05) is 20.8 Å². The molecule has 0 radical (unpaired) electrons. The number of benzene rings is 2. The van der Waals surface area contributed by atoms with Crippen molar-refractivity contribution in [1.82, 2.24) is 9.80 Å². The van der Waals surface area contributed by atoms with Crippen molar-refractivity contribution in [2.24, 2.45) is 5.92 Å². The lowest BCUT2D eigenvalue weighted by Gasteiger charge is -2.27. The van der Waals surface area contributed by atoms with Crippen molar-refractivity contribution in [3.8, 4) is 5.75 Å². The minimum atomic E-state index is -0.981. The summed E-state index contributed by atoms with van der Waals surface area (Å²) in [6, 6.07) is 10.6. The van der Waals surface area contributed by atoms with Gasteiger partial charge in [-0.05, 0) is 17.2 Å². The Bertz CT molecular complexity index is 1170. The van der Waals surface area contributed by atoms with Crippen LogP contribution in [0.1, 0.15) is 23.1 Å². The van der Waals surface area contributed by atoms with Crippen LogP contribution in [0.5, 0.6) is 5.75 Å². The topological polar surface area (TPSA) is 119 Å². The van der Waals surface area contributed by atoms with E-state index in [2.05, 4.69) is 6.58 Å². The molecule has 2 fully saturated rings. The Morgan fingerprint density at radius 3 is 2.41 bits per heavy atom. The van der Waals surface area contributed by atoms with Gasteiger partial charge in [-0.1, -0.05) is 42.5 Å². The molecule has 10 heteroatoms. The van der Waals surface area contributed by atoms with E-state index < -0.39 is 46.8 Å². The number of carbonyl (C=O) groups excluding carboxylic acids is 3. The Hall–Kier alpha value is -4.21. The summed E-state index contributed by atoms with van der Waals surface area (Å²) in [4.78, 5) is 53.4. The lowest BCUT2D eigenvalue weighted by molar-refractivity contribution is -0.385. The zero-order valence-electron chi connectivity index (χ0n) is 18.6. The van der Waals surface area contributed by atoms with Gasteiger partial charge < -0.3 is 14.4 Å². The average Bonchev–Trinajstić information content (AvgIpc) is 3.32. The van der Waals surface area contributed by atoms with Crippen LogP contribution in [-0.2, 0) is 14.3 Å². The van der Waals surface area contributed by atoms with E-state index >= 15 is 0 Å². The lowest BCUT2D eigenvalue weighted by atomic mass is 9.79. The maximum atomic E-state index is 13.4. The second kappa shape index (κ2) is 8.97. The molecule has 0 aromatic heterocycles. The molecule has 176 valence electrons. The Morgan fingerprint density at radius 1 is 1.12 bits per heavy atom. The molecule has 2 heterocycles. The summed E-state index contributed by atoms with van der Waals surface area (Å²) in [6.07, 6.45) is 1.44. The second-order valence-corrected chi connectivity index (χ2v) is 7.99. The van der Waals surface area contributed by atoms with Gasteiger partial charge in [-0.3, -0.25) is 24.6 Å². The van der Waals surface area contributed by atoms with E-state index in [1.165, 1.54) is 37.3 Å². The summed E-state index contributed by atoms with van der Waals surface area (Å²) in [5, 5.41) is 11.7. The Kier molecular flexibility index (Phi) is 6.06. The predicted molar refractivity (Wildman–Crippen MR) is 120 cm³/mol. The number of amides is 3. The molecule has 3 amide bonds. The van der Waals surface area contributed by atoms with E-state index in [0.717, 1.165) is 4.90 Å². The van der Waals surface area contributed by atoms with Gasteiger partial charge in [0.15, 0.2) is 5.75 Å². The number of methoxy groups -OCH3 is 2. The molecule has 4 atom stereocenters. The van der Waals surface area contributed by atoms with Gasteiger partial charge >= 0.3 is 17.7 Å². The molecule has 0 spiro atoms. The minimum Gasteiger partial charge on any atom is -0.490 e. The van der Waals surface area contributed by atoms with Gasteiger partial charge in [0.05, 0.1) is 31.1 Å². The highest BCUT2D eigenvalue weighted by Gasteiger charge is 2.63. The lowest BCUT2D eigenvalue weighted by Crippen LogP contribution is -2.38. The van der Waals surface area contributed by atoms with Crippen molar-refractivity contribution in [3.05, 3.63) is 82.4 Å². The monoisotopic (exact) mass is 465 g/mol. The van der Waals surface area contributed by atoms with Crippen LogP contribution in [0.15, 0.2) is 61.2 Å². The van der Waals surface area contributed by atoms with E-state index in [-0.39, 0.29) is 18.0 Å². The van der Waals surface area contributed by atoms with Crippen molar-refractivity contribution in [2.45, 2.75) is 18.0 Å². The summed E-state index contributed by atoms with van der Waals surface area (Å²) in [5.74, 6) is -2.73. The third kappa shape index (κ3) is 3.47. The van der Waals surface area contributed by atoms with Crippen molar-refractivity contribution in [3.63, 3.8) is 0 Å². The van der Waals surface area contributed by atoms with Gasteiger partial charge in [0.1, 0.15) is 6.04 Å². The molecular formula is C24H23N3O7. The second-order valence-electron chi connectivity index (χ2n) is 7.99. The van der Waals surface area contributed by atoms with E-state index in [0.29, 0.717) is 11.1 Å². The molecule has 4 unspecified atom stereocenters. The zero-order chi connectivity index (χ0) is 24.6. The third-order valence-corrected chi connectivity index (χ3v) is 6.35. The minimum absolute atomic E-state index is 0.00451. The highest BCUT2D eigenvalue weighted by Crippen LogP contribution is 2.54. The number of nitro benzene ring substituents is 1. The number of urea groups is 1. The van der Waals surface area contributed by atoms with Gasteiger partial charge in [0, 0.05) is 18.5 Å². The molecule has 2 aromatic carbocycles. The molecule has 2 aliphatic heterocycles. The molecule has 0 N–H and O–H groups in total. The SMILES string of the molecule is C=CCN1C(=O)C2C(c3ccccc3)C(C(=O)OC)C(c3ccc(OC)c([N+](=O)[O-])c3)N2C1=O. The fourth-order valence-electron chi connectivity index (χ4n) is 4.99. The maximum Gasteiger partial charge on any atom is 0.328 e. The number of nitrogens with zero attached hydrogens (tertiary/aromatic N) is 3. The number of carbonyl (C=O) groups is 3. The summed E-state index contributed by atoms with van der Waals surface area (Å²) in [7, 11) is 2.54. The number of hydrogen-bond donors (Lipinski definition) is 0. The van der Waals surface area contributed by atoms with E-state index in [9.17, 15) is 24.5 Å². The van der Waals surface area contributed by atoms with Gasteiger partial charge in [-0.15, -0.1) is 6.58 Å². The first-order chi connectivity index (χ1) is 16.3. The summed E-state index contributed by atoms with van der Waals surface area (Å²) >= 11 is 0. The number of imide groups is 1. The predicted octanol–water partition coefficient (Wildman–Crippen LogP) is 3.05. The Balaban J connectivity index is 1.95. The van der Waals surface area contributed by atoms with Crippen LogP contribution >= 0.6 is 0 Å². The van der Waals surface area contributed by atoms with Crippen LogP contribution in [0.25, 0.3) is 0 Å². The van der Waals surface area contributed by atoms with Crippen molar-refractivity contribution in [1.29, 1.82) is 0 Å². The molecule has 2 saturated heterocycles.